The molecule has 0 amide bonds. The molecule has 2 N–H and O–H groups in total. The Morgan fingerprint density at radius 2 is 1.74 bits per heavy atom. The van der Waals surface area contributed by atoms with Crippen molar-refractivity contribution in [3.8, 4) is 0 Å². The highest BCUT2D eigenvalue weighted by molar-refractivity contribution is 5.26. The van der Waals surface area contributed by atoms with E-state index in [1.54, 1.807) is 0 Å². The van der Waals surface area contributed by atoms with Crippen LogP contribution in [0.2, 0.25) is 0 Å². The molecule has 0 bridgehead atoms. The molecule has 0 radical (unpaired) electrons. The standard InChI is InChI=1S/C35H62N2.C2H6/c1-8-22-37(23-21-36)27(4)24-28-14-19-34(6)29(25-28)12-13-30-31(34)16-20-35(7)32(30)15-18-33(35,5)17-10-9-11-26(2)3;1-2/h12,26,28,30-32H,4,8-11,13-25,36H2,1-3,5-7H3;1-2H3. The zero-order chi connectivity index (χ0) is 28.8. The Morgan fingerprint density at radius 1 is 1.03 bits per heavy atom. The van der Waals surface area contributed by atoms with Crippen molar-refractivity contribution in [3.63, 3.8) is 0 Å². The van der Waals surface area contributed by atoms with Gasteiger partial charge < -0.3 is 10.6 Å². The predicted molar refractivity (Wildman–Crippen MR) is 173 cm³/mol. The molecule has 0 aromatic carbocycles. The van der Waals surface area contributed by atoms with Crippen LogP contribution in [0.5, 0.6) is 0 Å². The summed E-state index contributed by atoms with van der Waals surface area (Å²) in [7, 11) is 0. The van der Waals surface area contributed by atoms with E-state index in [2.05, 4.69) is 59.1 Å². The first-order valence-corrected chi connectivity index (χ1v) is 17.4. The van der Waals surface area contributed by atoms with Gasteiger partial charge in [-0.2, -0.15) is 0 Å². The maximum Gasteiger partial charge on any atom is 0.0297 e. The van der Waals surface area contributed by atoms with Gasteiger partial charge in [-0.25, -0.2) is 0 Å². The van der Waals surface area contributed by atoms with E-state index in [0.29, 0.717) is 16.2 Å². The monoisotopic (exact) mass is 541 g/mol. The Labute approximate surface area is 245 Å². The van der Waals surface area contributed by atoms with Crippen molar-refractivity contribution < 1.29 is 0 Å². The Kier molecular flexibility index (Phi) is 11.7. The molecule has 4 aliphatic carbocycles. The SMILES string of the molecule is C=C(CC1CCC2(C)C(=CCC3C2CCC2(C)C3CCC2(C)CCCCC(C)C)C1)N(CCC)CCN.CC. The van der Waals surface area contributed by atoms with Gasteiger partial charge in [0.25, 0.3) is 0 Å². The maximum absolute atomic E-state index is 5.91. The lowest BCUT2D eigenvalue weighted by Crippen LogP contribution is -2.51. The van der Waals surface area contributed by atoms with Gasteiger partial charge in [0.1, 0.15) is 0 Å². The first kappa shape index (κ1) is 32.8. The van der Waals surface area contributed by atoms with Crippen molar-refractivity contribution in [1.29, 1.82) is 0 Å². The molecule has 0 heterocycles. The Hall–Kier alpha value is -0.760. The summed E-state index contributed by atoms with van der Waals surface area (Å²) in [4.78, 5) is 2.46. The van der Waals surface area contributed by atoms with E-state index in [0.717, 1.165) is 55.6 Å². The van der Waals surface area contributed by atoms with Crippen molar-refractivity contribution in [1.82, 2.24) is 4.90 Å². The molecule has 7 atom stereocenters. The molecule has 39 heavy (non-hydrogen) atoms. The number of rotatable bonds is 12. The second-order valence-electron chi connectivity index (χ2n) is 15.1. The minimum Gasteiger partial charge on any atom is -0.374 e. The van der Waals surface area contributed by atoms with Crippen molar-refractivity contribution in [2.24, 2.45) is 51.6 Å². The fourth-order valence-corrected chi connectivity index (χ4v) is 10.1. The zero-order valence-corrected chi connectivity index (χ0v) is 27.7. The van der Waals surface area contributed by atoms with Crippen LogP contribution in [0, 0.1) is 45.8 Å². The summed E-state index contributed by atoms with van der Waals surface area (Å²) in [6, 6.07) is 0. The van der Waals surface area contributed by atoms with Gasteiger partial charge in [-0.15, -0.1) is 0 Å². The van der Waals surface area contributed by atoms with E-state index in [9.17, 15) is 0 Å². The molecule has 2 nitrogen and oxygen atoms in total. The van der Waals surface area contributed by atoms with Gasteiger partial charge in [0.05, 0.1) is 0 Å². The van der Waals surface area contributed by atoms with Gasteiger partial charge in [0.2, 0.25) is 0 Å². The molecule has 3 fully saturated rings. The Bertz CT molecular complexity index is 806. The van der Waals surface area contributed by atoms with Crippen LogP contribution in [-0.4, -0.2) is 24.5 Å². The van der Waals surface area contributed by atoms with Crippen LogP contribution in [0.3, 0.4) is 0 Å². The molecule has 0 aromatic rings. The van der Waals surface area contributed by atoms with Crippen LogP contribution in [0.15, 0.2) is 23.9 Å². The molecule has 4 rings (SSSR count). The van der Waals surface area contributed by atoms with Crippen LogP contribution >= 0.6 is 0 Å². The third-order valence-electron chi connectivity index (χ3n) is 12.6. The van der Waals surface area contributed by atoms with E-state index in [1.807, 2.05) is 19.4 Å². The van der Waals surface area contributed by atoms with Gasteiger partial charge in [0, 0.05) is 25.3 Å². The van der Waals surface area contributed by atoms with E-state index >= 15 is 0 Å². The number of nitrogens with zero attached hydrogens (tertiary/aromatic N) is 1. The summed E-state index contributed by atoms with van der Waals surface area (Å²) in [6.45, 7) is 26.4. The van der Waals surface area contributed by atoms with E-state index in [-0.39, 0.29) is 0 Å². The molecular weight excluding hydrogens is 472 g/mol. The minimum absolute atomic E-state index is 0.457. The molecule has 4 aliphatic rings. The van der Waals surface area contributed by atoms with Gasteiger partial charge in [0.15, 0.2) is 0 Å². The summed E-state index contributed by atoms with van der Waals surface area (Å²) in [5, 5.41) is 0. The van der Waals surface area contributed by atoms with Crippen molar-refractivity contribution in [3.05, 3.63) is 23.9 Å². The number of hydrogen-bond acceptors (Lipinski definition) is 2. The fraction of sp³-hybridized carbons (Fsp3) is 0.892. The molecule has 226 valence electrons. The van der Waals surface area contributed by atoms with E-state index in [1.165, 1.54) is 89.2 Å². The molecule has 0 aliphatic heterocycles. The predicted octanol–water partition coefficient (Wildman–Crippen LogP) is 10.4. The number of nitrogens with two attached hydrogens (primary N) is 1. The lowest BCUT2D eigenvalue weighted by molar-refractivity contribution is -0.0721. The minimum atomic E-state index is 0.457. The summed E-state index contributed by atoms with van der Waals surface area (Å²) in [6.07, 6.45) is 22.2. The number of allylic oxidation sites excluding steroid dienone is 3. The quantitative estimate of drug-likeness (QED) is 0.197. The topological polar surface area (TPSA) is 29.3 Å². The third kappa shape index (κ3) is 6.67. The lowest BCUT2D eigenvalue weighted by Gasteiger charge is -2.60. The fourth-order valence-electron chi connectivity index (χ4n) is 10.1. The third-order valence-corrected chi connectivity index (χ3v) is 12.6. The number of unbranched alkanes of at least 4 members (excludes halogenated alkanes) is 1. The van der Waals surface area contributed by atoms with E-state index < -0.39 is 0 Å². The summed E-state index contributed by atoms with van der Waals surface area (Å²) < 4.78 is 0. The average molecular weight is 541 g/mol. The molecule has 0 aromatic heterocycles. The summed E-state index contributed by atoms with van der Waals surface area (Å²) >= 11 is 0. The molecule has 2 heteroatoms. The Morgan fingerprint density at radius 3 is 2.41 bits per heavy atom. The van der Waals surface area contributed by atoms with Crippen LogP contribution < -0.4 is 5.73 Å². The number of hydrogen-bond donors (Lipinski definition) is 1. The number of fused-ring (bicyclic) bond motifs is 5. The average Bonchev–Trinajstić information content (AvgIpc) is 3.18. The lowest BCUT2D eigenvalue weighted by atomic mass is 9.45. The molecule has 3 saturated carbocycles. The highest BCUT2D eigenvalue weighted by Crippen LogP contribution is 2.70. The van der Waals surface area contributed by atoms with Crippen molar-refractivity contribution >= 4 is 0 Å². The second-order valence-corrected chi connectivity index (χ2v) is 15.1. The largest absolute Gasteiger partial charge is 0.374 e. The molecule has 0 spiro atoms. The van der Waals surface area contributed by atoms with Gasteiger partial charge >= 0.3 is 0 Å². The van der Waals surface area contributed by atoms with Gasteiger partial charge in [-0.1, -0.05) is 92.9 Å². The Balaban J connectivity index is 0.00000205. The zero-order valence-electron chi connectivity index (χ0n) is 27.7. The summed E-state index contributed by atoms with van der Waals surface area (Å²) in [5.74, 6) is 4.43. The van der Waals surface area contributed by atoms with Gasteiger partial charge in [-0.05, 0) is 116 Å². The van der Waals surface area contributed by atoms with Crippen molar-refractivity contribution in [2.45, 2.75) is 145 Å². The van der Waals surface area contributed by atoms with Crippen LogP contribution in [-0.2, 0) is 0 Å². The highest BCUT2D eigenvalue weighted by Gasteiger charge is 2.61. The first-order chi connectivity index (χ1) is 18.6. The molecular formula is C37H68N2. The maximum atomic E-state index is 5.91. The van der Waals surface area contributed by atoms with Crippen molar-refractivity contribution in [2.75, 3.05) is 19.6 Å². The van der Waals surface area contributed by atoms with Crippen LogP contribution in [0.4, 0.5) is 0 Å². The molecule has 0 saturated heterocycles. The smallest absolute Gasteiger partial charge is 0.0297 e. The van der Waals surface area contributed by atoms with E-state index in [4.69, 9.17) is 5.73 Å². The first-order valence-electron chi connectivity index (χ1n) is 17.4. The summed E-state index contributed by atoms with van der Waals surface area (Å²) in [5.41, 5.74) is 10.7. The van der Waals surface area contributed by atoms with Gasteiger partial charge in [-0.3, -0.25) is 0 Å². The van der Waals surface area contributed by atoms with Crippen LogP contribution in [0.1, 0.15) is 145 Å². The second kappa shape index (κ2) is 13.9. The highest BCUT2D eigenvalue weighted by atomic mass is 15.1. The molecule has 7 unspecified atom stereocenters. The van der Waals surface area contributed by atoms with Crippen LogP contribution in [0.25, 0.3) is 0 Å². The normalized spacial score (nSPS) is 37.2.